The van der Waals surface area contributed by atoms with Crippen molar-refractivity contribution in [3.8, 4) is 0 Å². The van der Waals surface area contributed by atoms with E-state index in [1.807, 2.05) is 42.5 Å². The van der Waals surface area contributed by atoms with Crippen LogP contribution < -0.4 is 11.1 Å². The number of fused-ring (bicyclic) bond motifs is 1. The first-order valence-electron chi connectivity index (χ1n) is 6.33. The van der Waals surface area contributed by atoms with Gasteiger partial charge in [-0.3, -0.25) is 4.79 Å². The van der Waals surface area contributed by atoms with Gasteiger partial charge in [0.15, 0.2) is 0 Å². The summed E-state index contributed by atoms with van der Waals surface area (Å²) in [5, 5.41) is 14.2. The summed E-state index contributed by atoms with van der Waals surface area (Å²) >= 11 is 0. The number of hydrogen-bond acceptors (Lipinski definition) is 3. The van der Waals surface area contributed by atoms with Crippen LogP contribution in [0, 0.1) is 0 Å². The van der Waals surface area contributed by atoms with Crippen LogP contribution in [0.2, 0.25) is 0 Å². The van der Waals surface area contributed by atoms with Crippen LogP contribution in [0.3, 0.4) is 0 Å². The van der Waals surface area contributed by atoms with Crippen molar-refractivity contribution in [2.45, 2.75) is 18.9 Å². The van der Waals surface area contributed by atoms with Gasteiger partial charge in [0.2, 0.25) is 5.91 Å². The summed E-state index contributed by atoms with van der Waals surface area (Å²) in [7, 11) is 0. The van der Waals surface area contributed by atoms with Crippen molar-refractivity contribution >= 4 is 28.3 Å². The molecule has 0 fully saturated rings. The molecule has 0 aliphatic heterocycles. The first-order chi connectivity index (χ1) is 9.56. The van der Waals surface area contributed by atoms with Crippen LogP contribution in [0.25, 0.3) is 10.8 Å². The number of rotatable bonds is 6. The zero-order chi connectivity index (χ0) is 14.5. The number of nitrogens with two attached hydrogens (primary N) is 1. The van der Waals surface area contributed by atoms with Gasteiger partial charge in [-0.2, -0.15) is 0 Å². The van der Waals surface area contributed by atoms with E-state index < -0.39 is 17.9 Å². The average Bonchev–Trinajstić information content (AvgIpc) is 2.42. The minimum Gasteiger partial charge on any atom is -0.480 e. The monoisotopic (exact) mass is 272 g/mol. The van der Waals surface area contributed by atoms with Gasteiger partial charge in [-0.25, -0.2) is 4.79 Å². The molecule has 0 heterocycles. The van der Waals surface area contributed by atoms with E-state index in [2.05, 4.69) is 5.32 Å². The second-order valence-electron chi connectivity index (χ2n) is 4.60. The van der Waals surface area contributed by atoms with Gasteiger partial charge in [-0.15, -0.1) is 0 Å². The third-order valence-electron chi connectivity index (χ3n) is 3.07. The molecule has 0 radical (unpaired) electrons. The van der Waals surface area contributed by atoms with Crippen molar-refractivity contribution in [2.24, 2.45) is 5.73 Å². The minimum absolute atomic E-state index is 0.0392. The molecule has 1 unspecified atom stereocenters. The van der Waals surface area contributed by atoms with E-state index in [4.69, 9.17) is 10.8 Å². The fourth-order valence-corrected chi connectivity index (χ4v) is 2.02. The smallest absolute Gasteiger partial charge is 0.326 e. The molecule has 2 rings (SSSR count). The predicted octanol–water partition coefficient (Wildman–Crippen LogP) is 1.97. The number of benzene rings is 2. The molecule has 2 aromatic rings. The lowest BCUT2D eigenvalue weighted by Crippen LogP contribution is -2.30. The molecule has 0 saturated carbocycles. The van der Waals surface area contributed by atoms with E-state index in [-0.39, 0.29) is 12.8 Å². The minimum atomic E-state index is -1.00. The summed E-state index contributed by atoms with van der Waals surface area (Å²) in [6, 6.07) is 12.6. The topological polar surface area (TPSA) is 92.4 Å². The van der Waals surface area contributed by atoms with Gasteiger partial charge in [0.1, 0.15) is 6.04 Å². The zero-order valence-electron chi connectivity index (χ0n) is 10.9. The molecule has 0 aliphatic carbocycles. The fraction of sp³-hybridized carbons (Fsp3) is 0.200. The Balaban J connectivity index is 2.15. The number of primary amides is 1. The number of carbonyl (C=O) groups excluding carboxylic acids is 1. The van der Waals surface area contributed by atoms with Crippen LogP contribution in [0.4, 0.5) is 5.69 Å². The van der Waals surface area contributed by atoms with Crippen LogP contribution >= 0.6 is 0 Å². The van der Waals surface area contributed by atoms with Gasteiger partial charge < -0.3 is 16.2 Å². The third kappa shape index (κ3) is 3.47. The van der Waals surface area contributed by atoms with E-state index in [0.29, 0.717) is 5.69 Å². The molecule has 0 saturated heterocycles. The molecule has 0 spiro atoms. The highest BCUT2D eigenvalue weighted by Gasteiger charge is 2.17. The molecule has 5 heteroatoms. The summed E-state index contributed by atoms with van der Waals surface area (Å²) in [6.45, 7) is 0. The van der Waals surface area contributed by atoms with Gasteiger partial charge in [0, 0.05) is 12.1 Å². The van der Waals surface area contributed by atoms with E-state index >= 15 is 0 Å². The van der Waals surface area contributed by atoms with Crippen molar-refractivity contribution in [2.75, 3.05) is 5.32 Å². The maximum Gasteiger partial charge on any atom is 0.326 e. The molecule has 4 N–H and O–H groups in total. The van der Waals surface area contributed by atoms with Crippen LogP contribution in [-0.4, -0.2) is 23.0 Å². The Morgan fingerprint density at radius 3 is 2.50 bits per heavy atom. The Hall–Kier alpha value is -2.56. The van der Waals surface area contributed by atoms with Crippen LogP contribution in [-0.2, 0) is 9.59 Å². The van der Waals surface area contributed by atoms with Crippen LogP contribution in [0.5, 0.6) is 0 Å². The molecule has 0 aliphatic rings. The Kier molecular flexibility index (Phi) is 4.20. The second kappa shape index (κ2) is 6.06. The standard InChI is InChI=1S/C15H16N2O3/c16-14(18)8-7-13(15(19)20)17-12-6-5-10-3-1-2-4-11(10)9-12/h1-6,9,13,17H,7-8H2,(H2,16,18)(H,19,20). The lowest BCUT2D eigenvalue weighted by molar-refractivity contribution is -0.138. The Morgan fingerprint density at radius 2 is 1.85 bits per heavy atom. The lowest BCUT2D eigenvalue weighted by atomic mass is 10.1. The summed E-state index contributed by atoms with van der Waals surface area (Å²) in [5.74, 6) is -1.50. The molecule has 0 aromatic heterocycles. The number of nitrogens with one attached hydrogen (secondary N) is 1. The van der Waals surface area contributed by atoms with Gasteiger partial charge >= 0.3 is 5.97 Å². The lowest BCUT2D eigenvalue weighted by Gasteiger charge is -2.15. The van der Waals surface area contributed by atoms with E-state index in [0.717, 1.165) is 10.8 Å². The molecule has 0 bridgehead atoms. The maximum absolute atomic E-state index is 11.2. The number of carbonyl (C=O) groups is 2. The van der Waals surface area contributed by atoms with Crippen molar-refractivity contribution < 1.29 is 14.7 Å². The van der Waals surface area contributed by atoms with Crippen molar-refractivity contribution in [1.82, 2.24) is 0 Å². The largest absolute Gasteiger partial charge is 0.480 e. The highest BCUT2D eigenvalue weighted by atomic mass is 16.4. The predicted molar refractivity (Wildman–Crippen MR) is 77.4 cm³/mol. The maximum atomic E-state index is 11.2. The van der Waals surface area contributed by atoms with E-state index in [9.17, 15) is 9.59 Å². The molecule has 2 aromatic carbocycles. The van der Waals surface area contributed by atoms with Crippen molar-refractivity contribution in [1.29, 1.82) is 0 Å². The van der Waals surface area contributed by atoms with Gasteiger partial charge in [-0.1, -0.05) is 30.3 Å². The molecule has 1 atom stereocenters. The van der Waals surface area contributed by atoms with Gasteiger partial charge in [-0.05, 0) is 29.3 Å². The highest BCUT2D eigenvalue weighted by molar-refractivity contribution is 5.87. The van der Waals surface area contributed by atoms with E-state index in [1.165, 1.54) is 0 Å². The number of carboxylic acids is 1. The molecular formula is C15H16N2O3. The molecule has 5 nitrogen and oxygen atoms in total. The Labute approximate surface area is 116 Å². The fourth-order valence-electron chi connectivity index (χ4n) is 2.02. The number of anilines is 1. The number of hydrogen-bond donors (Lipinski definition) is 3. The number of carboxylic acid groups (broad SMARTS) is 1. The third-order valence-corrected chi connectivity index (χ3v) is 3.07. The summed E-state index contributed by atoms with van der Waals surface area (Å²) in [5.41, 5.74) is 5.76. The summed E-state index contributed by atoms with van der Waals surface area (Å²) < 4.78 is 0. The number of amides is 1. The first kappa shape index (κ1) is 13.9. The molecular weight excluding hydrogens is 256 g/mol. The van der Waals surface area contributed by atoms with Crippen molar-refractivity contribution in [3.63, 3.8) is 0 Å². The molecule has 1 amide bonds. The Bertz CT molecular complexity index is 640. The SMILES string of the molecule is NC(=O)CCC(Nc1ccc2ccccc2c1)C(=O)O. The van der Waals surface area contributed by atoms with E-state index in [1.54, 1.807) is 0 Å². The summed E-state index contributed by atoms with van der Waals surface area (Å²) in [6.07, 6.45) is 0.203. The summed E-state index contributed by atoms with van der Waals surface area (Å²) in [4.78, 5) is 21.9. The molecule has 20 heavy (non-hydrogen) atoms. The zero-order valence-corrected chi connectivity index (χ0v) is 10.9. The van der Waals surface area contributed by atoms with Gasteiger partial charge in [0.25, 0.3) is 0 Å². The molecule has 104 valence electrons. The van der Waals surface area contributed by atoms with Crippen LogP contribution in [0.1, 0.15) is 12.8 Å². The van der Waals surface area contributed by atoms with Gasteiger partial charge in [0.05, 0.1) is 0 Å². The normalized spacial score (nSPS) is 12.0. The quantitative estimate of drug-likeness (QED) is 0.749. The average molecular weight is 272 g/mol. The highest BCUT2D eigenvalue weighted by Crippen LogP contribution is 2.20. The first-order valence-corrected chi connectivity index (χ1v) is 6.33. The van der Waals surface area contributed by atoms with Crippen molar-refractivity contribution in [3.05, 3.63) is 42.5 Å². The van der Waals surface area contributed by atoms with Crippen LogP contribution in [0.15, 0.2) is 42.5 Å². The Morgan fingerprint density at radius 1 is 1.15 bits per heavy atom. The second-order valence-corrected chi connectivity index (χ2v) is 4.60. The number of aliphatic carboxylic acids is 1.